The zero-order valence-electron chi connectivity index (χ0n) is 17.1. The van der Waals surface area contributed by atoms with Gasteiger partial charge in [0, 0.05) is 30.7 Å². The molecule has 0 bridgehead atoms. The Balaban J connectivity index is 0.00000364. The van der Waals surface area contributed by atoms with Crippen molar-refractivity contribution in [1.29, 1.82) is 0 Å². The summed E-state index contributed by atoms with van der Waals surface area (Å²) in [6.45, 7) is 7.37. The first-order valence-electron chi connectivity index (χ1n) is 9.88. The summed E-state index contributed by atoms with van der Waals surface area (Å²) < 4.78 is 11.3. The molecule has 0 spiro atoms. The maximum Gasteiger partial charge on any atom is 0.188 e. The predicted octanol–water partition coefficient (Wildman–Crippen LogP) is 4.15. The van der Waals surface area contributed by atoms with Crippen LogP contribution in [0.2, 0.25) is 0 Å². The molecule has 1 saturated heterocycles. The number of hydrogen-bond acceptors (Lipinski definition) is 3. The van der Waals surface area contributed by atoms with E-state index in [0.717, 1.165) is 44.8 Å². The summed E-state index contributed by atoms with van der Waals surface area (Å²) in [7, 11) is 1.73. The van der Waals surface area contributed by atoms with Crippen LogP contribution in [0.5, 0.6) is 5.75 Å². The van der Waals surface area contributed by atoms with Gasteiger partial charge >= 0.3 is 0 Å². The van der Waals surface area contributed by atoms with Crippen molar-refractivity contribution in [2.24, 2.45) is 10.7 Å². The first-order valence-corrected chi connectivity index (χ1v) is 9.88. The number of nitrogens with two attached hydrogens (primary N) is 1. The molecule has 0 unspecified atom stereocenters. The molecule has 3 N–H and O–H groups in total. The van der Waals surface area contributed by atoms with Crippen LogP contribution in [-0.2, 0) is 10.2 Å². The average Bonchev–Trinajstić information content (AvgIpc) is 2.67. The second kappa shape index (κ2) is 12.4. The second-order valence-corrected chi connectivity index (χ2v) is 7.29. The number of hydrogen-bond donors (Lipinski definition) is 2. The molecule has 1 aliphatic rings. The van der Waals surface area contributed by atoms with Gasteiger partial charge < -0.3 is 20.5 Å². The van der Waals surface area contributed by atoms with Gasteiger partial charge in [-0.15, -0.1) is 24.0 Å². The molecular formula is C21H36IN3O2. The number of aryl methyl sites for hydroxylation is 1. The molecule has 2 rings (SSSR count). The van der Waals surface area contributed by atoms with E-state index in [2.05, 4.69) is 37.4 Å². The Morgan fingerprint density at radius 3 is 2.67 bits per heavy atom. The molecule has 1 aliphatic heterocycles. The molecule has 0 radical (unpaired) electrons. The molecule has 1 aromatic carbocycles. The predicted molar refractivity (Wildman–Crippen MR) is 124 cm³/mol. The van der Waals surface area contributed by atoms with Crippen molar-refractivity contribution in [2.75, 3.05) is 33.4 Å². The Morgan fingerprint density at radius 2 is 2.00 bits per heavy atom. The van der Waals surface area contributed by atoms with Crippen molar-refractivity contribution < 1.29 is 9.47 Å². The maximum atomic E-state index is 6.12. The molecular weight excluding hydrogens is 453 g/mol. The average molecular weight is 489 g/mol. The highest BCUT2D eigenvalue weighted by Crippen LogP contribution is 2.40. The van der Waals surface area contributed by atoms with Crippen LogP contribution in [0.15, 0.2) is 23.2 Å². The number of unbranched alkanes of at least 4 members (excludes halogenated alkanes) is 3. The van der Waals surface area contributed by atoms with Crippen LogP contribution >= 0.6 is 24.0 Å². The normalized spacial score (nSPS) is 16.5. The molecule has 0 aromatic heterocycles. The first-order chi connectivity index (χ1) is 12.6. The number of halogens is 1. The Morgan fingerprint density at radius 1 is 1.26 bits per heavy atom. The number of nitrogens with one attached hydrogen (secondary N) is 1. The van der Waals surface area contributed by atoms with Crippen LogP contribution < -0.4 is 15.8 Å². The highest BCUT2D eigenvalue weighted by atomic mass is 127. The van der Waals surface area contributed by atoms with E-state index >= 15 is 0 Å². The zero-order chi connectivity index (χ0) is 18.8. The largest absolute Gasteiger partial charge is 0.496 e. The van der Waals surface area contributed by atoms with Gasteiger partial charge in [-0.3, -0.25) is 4.99 Å². The van der Waals surface area contributed by atoms with Crippen molar-refractivity contribution in [1.82, 2.24) is 5.32 Å². The van der Waals surface area contributed by atoms with E-state index in [1.165, 1.54) is 30.4 Å². The van der Waals surface area contributed by atoms with Gasteiger partial charge in [0.15, 0.2) is 5.96 Å². The maximum absolute atomic E-state index is 6.12. The number of aliphatic imine (C=N–C) groups is 1. The fourth-order valence-corrected chi connectivity index (χ4v) is 3.57. The van der Waals surface area contributed by atoms with Gasteiger partial charge in [-0.05, 0) is 32.3 Å². The summed E-state index contributed by atoms with van der Waals surface area (Å²) >= 11 is 0. The lowest BCUT2D eigenvalue weighted by Gasteiger charge is -2.37. The monoisotopic (exact) mass is 489 g/mol. The number of methoxy groups -OCH3 is 1. The smallest absolute Gasteiger partial charge is 0.188 e. The van der Waals surface area contributed by atoms with E-state index in [1.54, 1.807) is 7.11 Å². The third-order valence-corrected chi connectivity index (χ3v) is 5.26. The van der Waals surface area contributed by atoms with Gasteiger partial charge in [-0.1, -0.05) is 43.9 Å². The fourth-order valence-electron chi connectivity index (χ4n) is 3.57. The molecule has 27 heavy (non-hydrogen) atoms. The highest BCUT2D eigenvalue weighted by Gasteiger charge is 2.37. The lowest BCUT2D eigenvalue weighted by Crippen LogP contribution is -2.39. The minimum Gasteiger partial charge on any atom is -0.496 e. The minimum absolute atomic E-state index is 0. The zero-order valence-corrected chi connectivity index (χ0v) is 19.4. The van der Waals surface area contributed by atoms with Crippen LogP contribution in [0.25, 0.3) is 0 Å². The molecule has 154 valence electrons. The summed E-state index contributed by atoms with van der Waals surface area (Å²) in [6.07, 6.45) is 6.74. The van der Waals surface area contributed by atoms with Crippen LogP contribution in [0.1, 0.15) is 56.6 Å². The fraction of sp³-hybridized carbons (Fsp3) is 0.667. The SMILES string of the molecule is CCCCCCNC(N)=NCC1(c2cc(C)ccc2OC)CCOCC1.I. The van der Waals surface area contributed by atoms with Crippen LogP contribution in [-0.4, -0.2) is 39.4 Å². The van der Waals surface area contributed by atoms with Gasteiger partial charge in [-0.25, -0.2) is 0 Å². The van der Waals surface area contributed by atoms with Crippen molar-refractivity contribution in [2.45, 2.75) is 57.8 Å². The molecule has 1 heterocycles. The van der Waals surface area contributed by atoms with Gasteiger partial charge in [0.1, 0.15) is 5.75 Å². The Labute approximate surface area is 181 Å². The molecule has 1 fully saturated rings. The minimum atomic E-state index is -0.0792. The Kier molecular flexibility index (Phi) is 11.1. The number of benzene rings is 1. The van der Waals surface area contributed by atoms with E-state index in [1.807, 2.05) is 0 Å². The number of ether oxygens (including phenoxy) is 2. The van der Waals surface area contributed by atoms with Crippen molar-refractivity contribution in [3.05, 3.63) is 29.3 Å². The molecule has 1 aromatic rings. The van der Waals surface area contributed by atoms with Crippen LogP contribution in [0, 0.1) is 6.92 Å². The van der Waals surface area contributed by atoms with Crippen LogP contribution in [0.4, 0.5) is 0 Å². The first kappa shape index (κ1) is 24.0. The third-order valence-electron chi connectivity index (χ3n) is 5.26. The Hall–Kier alpha value is -1.02. The second-order valence-electron chi connectivity index (χ2n) is 7.29. The lowest BCUT2D eigenvalue weighted by molar-refractivity contribution is 0.0522. The van der Waals surface area contributed by atoms with Gasteiger partial charge in [0.05, 0.1) is 13.7 Å². The lowest BCUT2D eigenvalue weighted by atomic mass is 9.73. The van der Waals surface area contributed by atoms with E-state index in [9.17, 15) is 0 Å². The van der Waals surface area contributed by atoms with E-state index < -0.39 is 0 Å². The van der Waals surface area contributed by atoms with E-state index in [-0.39, 0.29) is 29.4 Å². The summed E-state index contributed by atoms with van der Waals surface area (Å²) in [5, 5.41) is 3.26. The standard InChI is InChI=1S/C21H35N3O2.HI/c1-4-5-6-7-12-23-20(22)24-16-21(10-13-26-14-11-21)18-15-17(2)8-9-19(18)25-3;/h8-9,15H,4-7,10-14,16H2,1-3H3,(H3,22,23,24);1H. The number of nitrogens with zero attached hydrogens (tertiary/aromatic N) is 1. The summed E-state index contributed by atoms with van der Waals surface area (Å²) in [5.74, 6) is 1.47. The van der Waals surface area contributed by atoms with Gasteiger partial charge in [0.2, 0.25) is 0 Å². The molecule has 0 atom stereocenters. The highest BCUT2D eigenvalue weighted by molar-refractivity contribution is 14.0. The number of guanidine groups is 1. The Bertz CT molecular complexity index is 587. The van der Waals surface area contributed by atoms with E-state index in [0.29, 0.717) is 12.5 Å². The summed E-state index contributed by atoms with van der Waals surface area (Å²) in [6, 6.07) is 6.37. The van der Waals surface area contributed by atoms with Gasteiger partial charge in [0.25, 0.3) is 0 Å². The summed E-state index contributed by atoms with van der Waals surface area (Å²) in [5.41, 5.74) is 8.50. The summed E-state index contributed by atoms with van der Waals surface area (Å²) in [4.78, 5) is 4.69. The molecule has 5 nitrogen and oxygen atoms in total. The topological polar surface area (TPSA) is 68.9 Å². The number of rotatable bonds is 9. The van der Waals surface area contributed by atoms with Crippen LogP contribution in [0.3, 0.4) is 0 Å². The quantitative estimate of drug-likeness (QED) is 0.237. The third kappa shape index (κ3) is 7.14. The van der Waals surface area contributed by atoms with Crippen molar-refractivity contribution >= 4 is 29.9 Å². The van der Waals surface area contributed by atoms with E-state index in [4.69, 9.17) is 20.2 Å². The molecule has 6 heteroatoms. The molecule has 0 aliphatic carbocycles. The van der Waals surface area contributed by atoms with Crippen molar-refractivity contribution in [3.8, 4) is 5.75 Å². The van der Waals surface area contributed by atoms with Crippen molar-refractivity contribution in [3.63, 3.8) is 0 Å². The molecule has 0 saturated carbocycles. The molecule has 0 amide bonds. The van der Waals surface area contributed by atoms with Gasteiger partial charge in [-0.2, -0.15) is 0 Å².